The number of benzene rings is 1. The molecule has 2 heterocycles. The van der Waals surface area contributed by atoms with Crippen molar-refractivity contribution in [1.29, 1.82) is 0 Å². The van der Waals surface area contributed by atoms with Crippen molar-refractivity contribution in [1.82, 2.24) is 10.3 Å². The number of aryl methyl sites for hydroxylation is 1. The Morgan fingerprint density at radius 2 is 2.00 bits per heavy atom. The molecule has 1 fully saturated rings. The molecule has 1 aromatic carbocycles. The summed E-state index contributed by atoms with van der Waals surface area (Å²) in [6.45, 7) is 10.1. The summed E-state index contributed by atoms with van der Waals surface area (Å²) >= 11 is 0. The Labute approximate surface area is 121 Å². The summed E-state index contributed by atoms with van der Waals surface area (Å²) in [6, 6.07) is 7.43. The third kappa shape index (κ3) is 2.45. The van der Waals surface area contributed by atoms with Crippen molar-refractivity contribution in [2.75, 3.05) is 6.54 Å². The number of nitrogens with one attached hydrogen (secondary N) is 1. The third-order valence-electron chi connectivity index (χ3n) is 4.31. The van der Waals surface area contributed by atoms with Crippen LogP contribution < -0.4 is 5.32 Å². The van der Waals surface area contributed by atoms with Crippen molar-refractivity contribution < 1.29 is 0 Å². The zero-order chi connectivity index (χ0) is 14.3. The van der Waals surface area contributed by atoms with Crippen LogP contribution in [0.4, 0.5) is 0 Å². The molecule has 0 bridgehead atoms. The van der Waals surface area contributed by atoms with Crippen molar-refractivity contribution in [2.24, 2.45) is 0 Å². The van der Waals surface area contributed by atoms with E-state index in [0.717, 1.165) is 12.2 Å². The Morgan fingerprint density at radius 1 is 1.20 bits per heavy atom. The van der Waals surface area contributed by atoms with Crippen molar-refractivity contribution in [3.63, 3.8) is 0 Å². The molecular formula is C18H24N2. The molecule has 0 saturated carbocycles. The number of hydrogen-bond donors (Lipinski definition) is 1. The van der Waals surface area contributed by atoms with Crippen LogP contribution in [0.1, 0.15) is 56.5 Å². The van der Waals surface area contributed by atoms with Gasteiger partial charge in [0, 0.05) is 23.3 Å². The van der Waals surface area contributed by atoms with Gasteiger partial charge in [0.1, 0.15) is 0 Å². The smallest absolute Gasteiger partial charge is 0.0379 e. The summed E-state index contributed by atoms with van der Waals surface area (Å²) in [5.41, 5.74) is 4.12. The highest BCUT2D eigenvalue weighted by Crippen LogP contribution is 2.34. The summed E-state index contributed by atoms with van der Waals surface area (Å²) < 4.78 is 0. The zero-order valence-corrected chi connectivity index (χ0v) is 13.0. The van der Waals surface area contributed by atoms with Crippen LogP contribution in [0.25, 0.3) is 10.8 Å². The molecule has 0 spiro atoms. The molecule has 1 aliphatic heterocycles. The minimum Gasteiger partial charge on any atom is -0.310 e. The van der Waals surface area contributed by atoms with Gasteiger partial charge in [-0.05, 0) is 54.3 Å². The number of aromatic nitrogens is 1. The Kier molecular flexibility index (Phi) is 3.29. The molecule has 1 atom stereocenters. The van der Waals surface area contributed by atoms with Crippen LogP contribution in [-0.2, 0) is 5.41 Å². The van der Waals surface area contributed by atoms with Crippen LogP contribution in [0.5, 0.6) is 0 Å². The molecule has 0 aliphatic carbocycles. The first-order valence-corrected chi connectivity index (χ1v) is 7.59. The molecule has 3 rings (SSSR count). The predicted molar refractivity (Wildman–Crippen MR) is 85.2 cm³/mol. The molecule has 2 heteroatoms. The number of hydrogen-bond acceptors (Lipinski definition) is 2. The summed E-state index contributed by atoms with van der Waals surface area (Å²) in [6.07, 6.45) is 4.55. The van der Waals surface area contributed by atoms with E-state index in [1.807, 2.05) is 6.20 Å². The molecule has 106 valence electrons. The Hall–Kier alpha value is -1.41. The summed E-state index contributed by atoms with van der Waals surface area (Å²) in [7, 11) is 0. The van der Waals surface area contributed by atoms with Gasteiger partial charge in [0.05, 0.1) is 0 Å². The van der Waals surface area contributed by atoms with E-state index < -0.39 is 0 Å². The summed E-state index contributed by atoms with van der Waals surface area (Å²) in [5.74, 6) is 0. The molecule has 1 aromatic heterocycles. The van der Waals surface area contributed by atoms with E-state index in [1.54, 1.807) is 0 Å². The van der Waals surface area contributed by atoms with E-state index >= 15 is 0 Å². The van der Waals surface area contributed by atoms with Crippen molar-refractivity contribution in [3.8, 4) is 0 Å². The van der Waals surface area contributed by atoms with Gasteiger partial charge >= 0.3 is 0 Å². The molecular weight excluding hydrogens is 244 g/mol. The van der Waals surface area contributed by atoms with Crippen LogP contribution in [0.15, 0.2) is 24.4 Å². The number of nitrogens with zero attached hydrogens (tertiary/aromatic N) is 1. The van der Waals surface area contributed by atoms with Gasteiger partial charge in [0.25, 0.3) is 0 Å². The first kappa shape index (κ1) is 13.6. The van der Waals surface area contributed by atoms with Gasteiger partial charge in [0.15, 0.2) is 0 Å². The lowest BCUT2D eigenvalue weighted by Gasteiger charge is -2.23. The third-order valence-corrected chi connectivity index (χ3v) is 4.31. The maximum atomic E-state index is 4.50. The van der Waals surface area contributed by atoms with Gasteiger partial charge in [-0.15, -0.1) is 0 Å². The first-order chi connectivity index (χ1) is 9.45. The van der Waals surface area contributed by atoms with Gasteiger partial charge in [-0.25, -0.2) is 0 Å². The maximum Gasteiger partial charge on any atom is 0.0379 e. The average molecular weight is 268 g/mol. The van der Waals surface area contributed by atoms with Crippen molar-refractivity contribution in [3.05, 3.63) is 41.2 Å². The van der Waals surface area contributed by atoms with Gasteiger partial charge < -0.3 is 5.32 Å². The van der Waals surface area contributed by atoms with Gasteiger partial charge in [-0.2, -0.15) is 0 Å². The fourth-order valence-corrected chi connectivity index (χ4v) is 3.07. The predicted octanol–water partition coefficient (Wildman–Crippen LogP) is 4.27. The van der Waals surface area contributed by atoms with Crippen LogP contribution >= 0.6 is 0 Å². The number of pyridine rings is 1. The van der Waals surface area contributed by atoms with E-state index in [2.05, 4.69) is 56.2 Å². The highest BCUT2D eigenvalue weighted by molar-refractivity contribution is 5.86. The monoisotopic (exact) mass is 268 g/mol. The molecule has 2 nitrogen and oxygen atoms in total. The lowest BCUT2D eigenvalue weighted by atomic mass is 9.83. The van der Waals surface area contributed by atoms with Crippen LogP contribution in [0, 0.1) is 6.92 Å². The second kappa shape index (κ2) is 4.85. The van der Waals surface area contributed by atoms with E-state index in [-0.39, 0.29) is 5.41 Å². The topological polar surface area (TPSA) is 24.9 Å². The second-order valence-corrected chi connectivity index (χ2v) is 7.01. The molecule has 1 N–H and O–H groups in total. The largest absolute Gasteiger partial charge is 0.310 e. The maximum absolute atomic E-state index is 4.50. The summed E-state index contributed by atoms with van der Waals surface area (Å²) in [5, 5.41) is 6.27. The molecule has 2 aromatic rings. The first-order valence-electron chi connectivity index (χ1n) is 7.59. The average Bonchev–Trinajstić information content (AvgIpc) is 2.89. The van der Waals surface area contributed by atoms with E-state index in [9.17, 15) is 0 Å². The van der Waals surface area contributed by atoms with Crippen LogP contribution in [-0.4, -0.2) is 11.5 Å². The van der Waals surface area contributed by atoms with Gasteiger partial charge in [-0.3, -0.25) is 4.98 Å². The number of fused-ring (bicyclic) bond motifs is 1. The van der Waals surface area contributed by atoms with Crippen molar-refractivity contribution >= 4 is 10.8 Å². The fraction of sp³-hybridized carbons (Fsp3) is 0.500. The van der Waals surface area contributed by atoms with E-state index in [4.69, 9.17) is 0 Å². The Bertz CT molecular complexity index is 632. The molecule has 1 aliphatic rings. The Balaban J connectivity index is 2.24. The SMILES string of the molecule is Cc1cc2cc(C(C)(C)C)cc([C@H]3CCCN3)c2cn1. The normalized spacial score (nSPS) is 19.7. The van der Waals surface area contributed by atoms with Crippen molar-refractivity contribution in [2.45, 2.75) is 52.0 Å². The van der Waals surface area contributed by atoms with Gasteiger partial charge in [-0.1, -0.05) is 32.9 Å². The minimum atomic E-state index is 0.179. The van der Waals surface area contributed by atoms with Crippen LogP contribution in [0.2, 0.25) is 0 Å². The molecule has 0 amide bonds. The quantitative estimate of drug-likeness (QED) is 0.835. The van der Waals surface area contributed by atoms with Crippen LogP contribution in [0.3, 0.4) is 0 Å². The standard InChI is InChI=1S/C18H24N2/c1-12-8-13-9-14(18(2,3)4)10-15(16(13)11-20-12)17-6-5-7-19-17/h8-11,17,19H,5-7H2,1-4H3/t17-/m1/s1. The second-order valence-electron chi connectivity index (χ2n) is 7.01. The highest BCUT2D eigenvalue weighted by Gasteiger charge is 2.22. The lowest BCUT2D eigenvalue weighted by molar-refractivity contribution is 0.586. The fourth-order valence-electron chi connectivity index (χ4n) is 3.07. The molecule has 20 heavy (non-hydrogen) atoms. The number of rotatable bonds is 1. The molecule has 1 saturated heterocycles. The Morgan fingerprint density at radius 3 is 2.65 bits per heavy atom. The van der Waals surface area contributed by atoms with E-state index in [1.165, 1.54) is 34.7 Å². The zero-order valence-electron chi connectivity index (χ0n) is 13.0. The van der Waals surface area contributed by atoms with Gasteiger partial charge in [0.2, 0.25) is 0 Å². The molecule has 0 unspecified atom stereocenters. The molecule has 0 radical (unpaired) electrons. The highest BCUT2D eigenvalue weighted by atomic mass is 14.9. The summed E-state index contributed by atoms with van der Waals surface area (Å²) in [4.78, 5) is 4.50. The lowest BCUT2D eigenvalue weighted by Crippen LogP contribution is -2.16. The minimum absolute atomic E-state index is 0.179. The van der Waals surface area contributed by atoms with E-state index in [0.29, 0.717) is 6.04 Å².